The van der Waals surface area contributed by atoms with E-state index >= 15 is 0 Å². The van der Waals surface area contributed by atoms with Crippen molar-refractivity contribution in [3.05, 3.63) is 23.7 Å². The Morgan fingerprint density at radius 3 is 2.90 bits per heavy atom. The average molecular weight is 280 g/mol. The van der Waals surface area contributed by atoms with Gasteiger partial charge in [-0.3, -0.25) is 0 Å². The quantitative estimate of drug-likeness (QED) is 0.808. The Morgan fingerprint density at radius 2 is 2.25 bits per heavy atom. The molecule has 0 amide bonds. The van der Waals surface area contributed by atoms with Gasteiger partial charge < -0.3 is 19.4 Å². The van der Waals surface area contributed by atoms with Crippen molar-refractivity contribution in [3.63, 3.8) is 0 Å². The summed E-state index contributed by atoms with van der Waals surface area (Å²) in [6.07, 6.45) is 5.07. The molecule has 0 radical (unpaired) electrons. The third-order valence-corrected chi connectivity index (χ3v) is 3.83. The van der Waals surface area contributed by atoms with E-state index in [0.717, 1.165) is 31.5 Å². The second kappa shape index (κ2) is 7.45. The number of piperidine rings is 1. The molecule has 112 valence electrons. The molecule has 0 bridgehead atoms. The van der Waals surface area contributed by atoms with Gasteiger partial charge in [0.25, 0.3) is 0 Å². The topological polar surface area (TPSA) is 54.7 Å². The first-order valence-electron chi connectivity index (χ1n) is 7.35. The molecule has 1 aromatic rings. The summed E-state index contributed by atoms with van der Waals surface area (Å²) in [4.78, 5) is 14.0. The molecule has 5 heteroatoms. The molecule has 1 aromatic heterocycles. The van der Waals surface area contributed by atoms with Crippen LogP contribution in [0.25, 0.3) is 0 Å². The van der Waals surface area contributed by atoms with Gasteiger partial charge in [-0.25, -0.2) is 4.79 Å². The van der Waals surface area contributed by atoms with Crippen molar-refractivity contribution in [2.75, 3.05) is 26.7 Å². The molecule has 5 nitrogen and oxygen atoms in total. The smallest absolute Gasteiger partial charge is 0.374 e. The lowest BCUT2D eigenvalue weighted by molar-refractivity contribution is 0.0563. The summed E-state index contributed by atoms with van der Waals surface area (Å²) in [6, 6.07) is 2.34. The zero-order valence-electron chi connectivity index (χ0n) is 12.4. The van der Waals surface area contributed by atoms with E-state index in [9.17, 15) is 4.79 Å². The van der Waals surface area contributed by atoms with E-state index in [1.54, 1.807) is 0 Å². The van der Waals surface area contributed by atoms with E-state index in [1.165, 1.54) is 26.3 Å². The van der Waals surface area contributed by atoms with Gasteiger partial charge in [0, 0.05) is 18.2 Å². The van der Waals surface area contributed by atoms with Gasteiger partial charge >= 0.3 is 5.97 Å². The number of carbonyl (C=O) groups excluding carboxylic acids is 1. The molecule has 0 unspecified atom stereocenters. The van der Waals surface area contributed by atoms with Crippen LogP contribution in [-0.2, 0) is 11.3 Å². The van der Waals surface area contributed by atoms with E-state index in [-0.39, 0.29) is 0 Å². The molecule has 0 spiro atoms. The van der Waals surface area contributed by atoms with Crippen molar-refractivity contribution in [3.8, 4) is 0 Å². The summed E-state index contributed by atoms with van der Waals surface area (Å²) in [5, 5.41) is 3.51. The zero-order valence-corrected chi connectivity index (χ0v) is 12.4. The first-order valence-corrected chi connectivity index (χ1v) is 7.35. The molecule has 0 atom stereocenters. The number of ether oxygens (including phenoxy) is 1. The third-order valence-electron chi connectivity index (χ3n) is 3.83. The lowest BCUT2D eigenvalue weighted by Crippen LogP contribution is -2.42. The number of carbonyl (C=O) groups is 1. The van der Waals surface area contributed by atoms with Crippen molar-refractivity contribution in [1.29, 1.82) is 0 Å². The van der Waals surface area contributed by atoms with E-state index in [2.05, 4.69) is 17.1 Å². The monoisotopic (exact) mass is 280 g/mol. The van der Waals surface area contributed by atoms with Crippen LogP contribution in [0.15, 0.2) is 16.7 Å². The molecular weight excluding hydrogens is 256 g/mol. The molecule has 0 saturated carbocycles. The molecule has 2 heterocycles. The minimum atomic E-state index is -0.412. The summed E-state index contributed by atoms with van der Waals surface area (Å²) >= 11 is 0. The first-order chi connectivity index (χ1) is 9.74. The number of esters is 1. The van der Waals surface area contributed by atoms with Crippen LogP contribution in [0.5, 0.6) is 0 Å². The second-order valence-electron chi connectivity index (χ2n) is 5.26. The van der Waals surface area contributed by atoms with Crippen molar-refractivity contribution >= 4 is 5.97 Å². The summed E-state index contributed by atoms with van der Waals surface area (Å²) in [5.74, 6) is -0.104. The maximum absolute atomic E-state index is 11.5. The average Bonchev–Trinajstić information content (AvgIpc) is 2.94. The van der Waals surface area contributed by atoms with Gasteiger partial charge in [-0.05, 0) is 45.0 Å². The Balaban J connectivity index is 1.79. The van der Waals surface area contributed by atoms with Crippen molar-refractivity contribution in [1.82, 2.24) is 10.2 Å². The highest BCUT2D eigenvalue weighted by atomic mass is 16.5. The van der Waals surface area contributed by atoms with E-state index in [1.807, 2.05) is 6.07 Å². The SMILES string of the molecule is CCCN1CCC(NCc2ccoc2C(=O)OC)CC1. The number of hydrogen-bond donors (Lipinski definition) is 1. The standard InChI is InChI=1S/C15H24N2O3/c1-3-7-17-8-4-13(5-9-17)16-11-12-6-10-20-14(12)15(18)19-2/h6,10,13,16H,3-5,7-9,11H2,1-2H3. The highest BCUT2D eigenvalue weighted by Crippen LogP contribution is 2.14. The van der Waals surface area contributed by atoms with Gasteiger partial charge in [0.2, 0.25) is 5.76 Å². The third kappa shape index (κ3) is 3.84. The molecule has 0 aromatic carbocycles. The Morgan fingerprint density at radius 1 is 1.50 bits per heavy atom. The van der Waals surface area contributed by atoms with Gasteiger partial charge in [-0.15, -0.1) is 0 Å². The van der Waals surface area contributed by atoms with Crippen LogP contribution < -0.4 is 5.32 Å². The maximum atomic E-state index is 11.5. The minimum absolute atomic E-state index is 0.309. The number of rotatable bonds is 6. The fraction of sp³-hybridized carbons (Fsp3) is 0.667. The summed E-state index contributed by atoms with van der Waals surface area (Å²) in [6.45, 7) is 6.37. The predicted octanol–water partition coefficient (Wildman–Crippen LogP) is 2.03. The summed E-state index contributed by atoms with van der Waals surface area (Å²) in [7, 11) is 1.37. The van der Waals surface area contributed by atoms with E-state index in [0.29, 0.717) is 18.3 Å². The van der Waals surface area contributed by atoms with Gasteiger partial charge in [-0.1, -0.05) is 6.92 Å². The molecule has 1 aliphatic heterocycles. The lowest BCUT2D eigenvalue weighted by atomic mass is 10.0. The number of methoxy groups -OCH3 is 1. The number of furan rings is 1. The fourth-order valence-electron chi connectivity index (χ4n) is 2.68. The molecular formula is C15H24N2O3. The summed E-state index contributed by atoms with van der Waals surface area (Å²) in [5.41, 5.74) is 0.868. The fourth-order valence-corrected chi connectivity index (χ4v) is 2.68. The molecule has 1 fully saturated rings. The van der Waals surface area contributed by atoms with E-state index < -0.39 is 5.97 Å². The highest BCUT2D eigenvalue weighted by molar-refractivity contribution is 5.87. The molecule has 1 N–H and O–H groups in total. The maximum Gasteiger partial charge on any atom is 0.374 e. The van der Waals surface area contributed by atoms with Crippen LogP contribution in [0.1, 0.15) is 42.3 Å². The van der Waals surface area contributed by atoms with Gasteiger partial charge in [0.05, 0.1) is 13.4 Å². The van der Waals surface area contributed by atoms with Gasteiger partial charge in [0.1, 0.15) is 0 Å². The largest absolute Gasteiger partial charge is 0.463 e. The molecule has 1 aliphatic rings. The predicted molar refractivity (Wildman–Crippen MR) is 76.6 cm³/mol. The minimum Gasteiger partial charge on any atom is -0.463 e. The number of hydrogen-bond acceptors (Lipinski definition) is 5. The van der Waals surface area contributed by atoms with Crippen LogP contribution >= 0.6 is 0 Å². The van der Waals surface area contributed by atoms with Crippen LogP contribution in [0, 0.1) is 0 Å². The van der Waals surface area contributed by atoms with Crippen LogP contribution in [0.4, 0.5) is 0 Å². The second-order valence-corrected chi connectivity index (χ2v) is 5.26. The Bertz CT molecular complexity index is 423. The Hall–Kier alpha value is -1.33. The van der Waals surface area contributed by atoms with Crippen molar-refractivity contribution in [2.24, 2.45) is 0 Å². The number of nitrogens with one attached hydrogen (secondary N) is 1. The van der Waals surface area contributed by atoms with Gasteiger partial charge in [0.15, 0.2) is 0 Å². The number of nitrogens with zero attached hydrogens (tertiary/aromatic N) is 1. The highest BCUT2D eigenvalue weighted by Gasteiger charge is 2.20. The molecule has 0 aliphatic carbocycles. The Kier molecular flexibility index (Phi) is 5.61. The van der Waals surface area contributed by atoms with Crippen LogP contribution in [0.2, 0.25) is 0 Å². The van der Waals surface area contributed by atoms with Gasteiger partial charge in [-0.2, -0.15) is 0 Å². The van der Waals surface area contributed by atoms with Crippen molar-refractivity contribution < 1.29 is 13.9 Å². The molecule has 1 saturated heterocycles. The molecule has 20 heavy (non-hydrogen) atoms. The van der Waals surface area contributed by atoms with Crippen molar-refractivity contribution in [2.45, 2.75) is 38.8 Å². The molecule has 2 rings (SSSR count). The van der Waals surface area contributed by atoms with E-state index in [4.69, 9.17) is 9.15 Å². The normalized spacial score (nSPS) is 17.3. The summed E-state index contributed by atoms with van der Waals surface area (Å²) < 4.78 is 9.88. The first kappa shape index (κ1) is 15.1. The van der Waals surface area contributed by atoms with Crippen LogP contribution in [0.3, 0.4) is 0 Å². The zero-order chi connectivity index (χ0) is 14.4. The Labute approximate surface area is 120 Å². The number of likely N-dealkylation sites (tertiary alicyclic amines) is 1. The van der Waals surface area contributed by atoms with Crippen LogP contribution in [-0.4, -0.2) is 43.7 Å². The lowest BCUT2D eigenvalue weighted by Gasteiger charge is -2.32.